The quantitative estimate of drug-likeness (QED) is 0.319. The van der Waals surface area contributed by atoms with Crippen molar-refractivity contribution in [2.75, 3.05) is 24.7 Å². The number of carbonyl (C=O) groups excluding carboxylic acids is 2. The van der Waals surface area contributed by atoms with E-state index in [4.69, 9.17) is 4.74 Å². The van der Waals surface area contributed by atoms with E-state index in [9.17, 15) is 18.4 Å². The molecule has 0 aliphatic carbocycles. The number of para-hydroxylation sites is 1. The molecule has 0 radical (unpaired) electrons. The highest BCUT2D eigenvalue weighted by Crippen LogP contribution is 2.36. The molecule has 35 heavy (non-hydrogen) atoms. The number of hydrogen-bond donors (Lipinski definition) is 2. The Morgan fingerprint density at radius 3 is 2.49 bits per heavy atom. The monoisotopic (exact) mass is 496 g/mol. The number of hydrogen-bond acceptors (Lipinski definition) is 6. The van der Waals surface area contributed by atoms with Crippen LogP contribution in [-0.4, -0.2) is 35.8 Å². The summed E-state index contributed by atoms with van der Waals surface area (Å²) < 4.78 is 35.0. The average molecular weight is 497 g/mol. The lowest BCUT2D eigenvalue weighted by Gasteiger charge is -2.10. The van der Waals surface area contributed by atoms with Crippen molar-refractivity contribution in [1.82, 2.24) is 9.88 Å². The predicted molar refractivity (Wildman–Crippen MR) is 132 cm³/mol. The fraction of sp³-hybridized carbons (Fsp3) is 0.160. The summed E-state index contributed by atoms with van der Waals surface area (Å²) in [6.45, 7) is 0.752. The minimum atomic E-state index is -0.695. The van der Waals surface area contributed by atoms with Crippen LogP contribution in [0.5, 0.6) is 11.5 Å². The molecule has 7 nitrogen and oxygen atoms in total. The molecule has 4 aromatic rings. The number of anilines is 2. The van der Waals surface area contributed by atoms with Crippen molar-refractivity contribution in [2.45, 2.75) is 13.0 Å². The van der Waals surface area contributed by atoms with Gasteiger partial charge in [-0.15, -0.1) is 11.3 Å². The van der Waals surface area contributed by atoms with E-state index >= 15 is 0 Å². The van der Waals surface area contributed by atoms with Crippen molar-refractivity contribution in [3.8, 4) is 11.5 Å². The number of benzene rings is 2. The minimum absolute atomic E-state index is 0.0182. The van der Waals surface area contributed by atoms with Crippen LogP contribution in [0.25, 0.3) is 10.2 Å². The summed E-state index contributed by atoms with van der Waals surface area (Å²) in [5.41, 5.74) is 0.896. The number of ether oxygens (including phenoxy) is 1. The maximum atomic E-state index is 14.7. The number of rotatable bonds is 8. The fourth-order valence-electron chi connectivity index (χ4n) is 3.32. The van der Waals surface area contributed by atoms with Crippen LogP contribution in [0.2, 0.25) is 0 Å². The van der Waals surface area contributed by atoms with Gasteiger partial charge in [-0.2, -0.15) is 0 Å². The van der Waals surface area contributed by atoms with Crippen molar-refractivity contribution < 1.29 is 23.1 Å². The second kappa shape index (κ2) is 10.6. The molecule has 0 unspecified atom stereocenters. The Morgan fingerprint density at radius 1 is 0.971 bits per heavy atom. The molecule has 0 saturated carbocycles. The van der Waals surface area contributed by atoms with Crippen molar-refractivity contribution in [3.05, 3.63) is 77.3 Å². The first-order valence-electron chi connectivity index (χ1n) is 10.6. The van der Waals surface area contributed by atoms with Gasteiger partial charge in [0.2, 0.25) is 11.8 Å². The van der Waals surface area contributed by atoms with Gasteiger partial charge in [0.25, 0.3) is 0 Å². The van der Waals surface area contributed by atoms with Gasteiger partial charge in [0.05, 0.1) is 15.9 Å². The molecule has 2 amide bonds. The number of pyridine rings is 1. The third-order valence-corrected chi connectivity index (χ3v) is 5.93. The predicted octanol–water partition coefficient (Wildman–Crippen LogP) is 5.40. The molecule has 0 fully saturated rings. The summed E-state index contributed by atoms with van der Waals surface area (Å²) in [5, 5.41) is 4.78. The third-order valence-electron chi connectivity index (χ3n) is 4.80. The van der Waals surface area contributed by atoms with Crippen LogP contribution in [0, 0.1) is 11.6 Å². The molecule has 4 rings (SSSR count). The number of fused-ring (bicyclic) bond motifs is 1. The zero-order valence-electron chi connectivity index (χ0n) is 19.0. The van der Waals surface area contributed by atoms with Crippen molar-refractivity contribution in [3.63, 3.8) is 0 Å². The van der Waals surface area contributed by atoms with Gasteiger partial charge in [-0.25, -0.2) is 8.78 Å². The average Bonchev–Trinajstić information content (AvgIpc) is 3.19. The first-order chi connectivity index (χ1) is 16.8. The van der Waals surface area contributed by atoms with E-state index in [-0.39, 0.29) is 17.1 Å². The van der Waals surface area contributed by atoms with Gasteiger partial charge in [0, 0.05) is 35.4 Å². The highest BCUT2D eigenvalue weighted by molar-refractivity contribution is 7.19. The fourth-order valence-corrected chi connectivity index (χ4v) is 4.50. The Labute approximate surface area is 204 Å². The Balaban J connectivity index is 1.41. The summed E-state index contributed by atoms with van der Waals surface area (Å²) >= 11 is 1.53. The van der Waals surface area contributed by atoms with Crippen LogP contribution in [-0.2, 0) is 16.1 Å². The summed E-state index contributed by atoms with van der Waals surface area (Å²) in [4.78, 5) is 31.7. The summed E-state index contributed by atoms with van der Waals surface area (Å²) in [6, 6.07) is 13.2. The molecular formula is C25H22F2N4O3S. The standard InChI is InChI=1S/C25H22F2N4O3S/c1-31(2)14-16-12-20-25(35-16)22(9-10-28-20)34-21-8-7-15(11-18(21)27)29-23(32)13-24(33)30-19-6-4-3-5-17(19)26/h3-12H,13-14H2,1-2H3,(H,29,32)(H,30,33). The van der Waals surface area contributed by atoms with Gasteiger partial charge in [0.15, 0.2) is 11.6 Å². The zero-order chi connectivity index (χ0) is 24.9. The molecule has 10 heteroatoms. The van der Waals surface area contributed by atoms with Gasteiger partial charge in [0.1, 0.15) is 18.0 Å². The highest BCUT2D eigenvalue weighted by Gasteiger charge is 2.15. The topological polar surface area (TPSA) is 83.6 Å². The Kier molecular flexibility index (Phi) is 7.33. The molecule has 2 N–H and O–H groups in total. The van der Waals surface area contributed by atoms with Crippen LogP contribution in [0.1, 0.15) is 11.3 Å². The number of carbonyl (C=O) groups is 2. The molecule has 2 heterocycles. The van der Waals surface area contributed by atoms with Gasteiger partial charge >= 0.3 is 0 Å². The lowest BCUT2D eigenvalue weighted by molar-refractivity contribution is -0.123. The molecule has 2 aromatic carbocycles. The van der Waals surface area contributed by atoms with Gasteiger partial charge in [-0.1, -0.05) is 12.1 Å². The van der Waals surface area contributed by atoms with Gasteiger partial charge in [-0.05, 0) is 44.4 Å². The molecular weight excluding hydrogens is 474 g/mol. The smallest absolute Gasteiger partial charge is 0.233 e. The number of amides is 2. The molecule has 0 aliphatic heterocycles. The SMILES string of the molecule is CN(C)Cc1cc2nccc(Oc3ccc(NC(=O)CC(=O)Nc4ccccc4F)cc3F)c2s1. The number of nitrogens with zero attached hydrogens (tertiary/aromatic N) is 2. The molecule has 2 aromatic heterocycles. The summed E-state index contributed by atoms with van der Waals surface area (Å²) in [7, 11) is 3.95. The van der Waals surface area contributed by atoms with Crippen molar-refractivity contribution in [1.29, 1.82) is 0 Å². The Bertz CT molecular complexity index is 1390. The van der Waals surface area contributed by atoms with Crippen LogP contribution in [0.15, 0.2) is 60.8 Å². The van der Waals surface area contributed by atoms with Crippen LogP contribution in [0.4, 0.5) is 20.2 Å². The number of thiophene rings is 1. The second-order valence-electron chi connectivity index (χ2n) is 7.97. The van der Waals surface area contributed by atoms with Crippen LogP contribution < -0.4 is 15.4 Å². The van der Waals surface area contributed by atoms with E-state index < -0.39 is 29.9 Å². The van der Waals surface area contributed by atoms with Gasteiger partial charge < -0.3 is 20.3 Å². The lowest BCUT2D eigenvalue weighted by Crippen LogP contribution is -2.21. The second-order valence-corrected chi connectivity index (χ2v) is 9.11. The van der Waals surface area contributed by atoms with Crippen LogP contribution >= 0.6 is 11.3 Å². The van der Waals surface area contributed by atoms with E-state index in [1.807, 2.05) is 25.1 Å². The zero-order valence-corrected chi connectivity index (χ0v) is 19.8. The molecule has 0 spiro atoms. The molecule has 0 saturated heterocycles. The van der Waals surface area contributed by atoms with Gasteiger partial charge in [-0.3, -0.25) is 14.6 Å². The van der Waals surface area contributed by atoms with E-state index in [1.165, 1.54) is 41.7 Å². The maximum Gasteiger partial charge on any atom is 0.233 e. The molecule has 0 bridgehead atoms. The Hall–Kier alpha value is -3.89. The summed E-state index contributed by atoms with van der Waals surface area (Å²) in [5.74, 6) is -2.20. The van der Waals surface area contributed by atoms with Crippen molar-refractivity contribution >= 4 is 44.7 Å². The normalized spacial score (nSPS) is 11.0. The molecule has 0 aliphatic rings. The third kappa shape index (κ3) is 6.17. The maximum absolute atomic E-state index is 14.7. The van der Waals surface area contributed by atoms with E-state index in [0.29, 0.717) is 5.75 Å². The van der Waals surface area contributed by atoms with E-state index in [0.717, 1.165) is 27.7 Å². The van der Waals surface area contributed by atoms with Crippen LogP contribution in [0.3, 0.4) is 0 Å². The number of halogens is 2. The molecule has 180 valence electrons. The summed E-state index contributed by atoms with van der Waals surface area (Å²) in [6.07, 6.45) is 1.04. The van der Waals surface area contributed by atoms with E-state index in [1.54, 1.807) is 18.3 Å². The minimum Gasteiger partial charge on any atom is -0.453 e. The number of aromatic nitrogens is 1. The first kappa shape index (κ1) is 24.2. The lowest BCUT2D eigenvalue weighted by atomic mass is 10.2. The molecule has 0 atom stereocenters. The first-order valence-corrected chi connectivity index (χ1v) is 11.4. The Morgan fingerprint density at radius 2 is 1.74 bits per heavy atom. The van der Waals surface area contributed by atoms with E-state index in [2.05, 4.69) is 15.6 Å². The largest absolute Gasteiger partial charge is 0.453 e. The number of nitrogens with one attached hydrogen (secondary N) is 2. The van der Waals surface area contributed by atoms with Crippen molar-refractivity contribution in [2.24, 2.45) is 0 Å². The highest BCUT2D eigenvalue weighted by atomic mass is 32.1.